The molecule has 0 spiro atoms. The molecule has 4 aliphatic rings. The first kappa shape index (κ1) is 17.5. The van der Waals surface area contributed by atoms with Gasteiger partial charge in [-0.1, -0.05) is 18.2 Å². The fourth-order valence-corrected chi connectivity index (χ4v) is 5.23. The van der Waals surface area contributed by atoms with Gasteiger partial charge in [-0.3, -0.25) is 9.69 Å². The van der Waals surface area contributed by atoms with E-state index in [9.17, 15) is 4.79 Å². The van der Waals surface area contributed by atoms with E-state index in [-0.39, 0.29) is 17.7 Å². The number of carbonyl (C=O) groups excluding carboxylic acids is 1. The predicted octanol–water partition coefficient (Wildman–Crippen LogP) is 2.29. The van der Waals surface area contributed by atoms with E-state index in [2.05, 4.69) is 40.4 Å². The molecule has 0 unspecified atom stereocenters. The van der Waals surface area contributed by atoms with Crippen LogP contribution < -0.4 is 10.1 Å². The molecule has 3 fully saturated rings. The highest BCUT2D eigenvalue weighted by molar-refractivity contribution is 5.80. The highest BCUT2D eigenvalue weighted by Crippen LogP contribution is 2.48. The number of fused-ring (bicyclic) bond motifs is 3. The van der Waals surface area contributed by atoms with Crippen LogP contribution in [-0.4, -0.2) is 61.6 Å². The largest absolute Gasteiger partial charge is 0.493 e. The summed E-state index contributed by atoms with van der Waals surface area (Å²) in [5.74, 6) is 2.40. The van der Waals surface area contributed by atoms with Crippen molar-refractivity contribution in [3.8, 4) is 5.75 Å². The minimum Gasteiger partial charge on any atom is -0.493 e. The monoisotopic (exact) mass is 369 g/mol. The van der Waals surface area contributed by atoms with Gasteiger partial charge in [0.2, 0.25) is 5.91 Å². The highest BCUT2D eigenvalue weighted by atomic mass is 16.5. The average Bonchev–Trinajstić information content (AvgIpc) is 3.42. The molecule has 5 rings (SSSR count). The van der Waals surface area contributed by atoms with E-state index in [0.717, 1.165) is 50.7 Å². The lowest BCUT2D eigenvalue weighted by Crippen LogP contribution is -2.47. The molecule has 5 heteroatoms. The van der Waals surface area contributed by atoms with Crippen molar-refractivity contribution in [1.82, 2.24) is 15.1 Å². The van der Waals surface area contributed by atoms with Gasteiger partial charge >= 0.3 is 0 Å². The number of nitrogens with zero attached hydrogens (tertiary/aromatic N) is 2. The Morgan fingerprint density at radius 3 is 2.74 bits per heavy atom. The molecular formula is C22H31N3O2. The maximum Gasteiger partial charge on any atom is 0.225 e. The van der Waals surface area contributed by atoms with Crippen molar-refractivity contribution >= 4 is 5.91 Å². The fraction of sp³-hybridized carbons (Fsp3) is 0.682. The molecule has 146 valence electrons. The molecule has 27 heavy (non-hydrogen) atoms. The Kier molecular flexibility index (Phi) is 4.60. The quantitative estimate of drug-likeness (QED) is 0.885. The summed E-state index contributed by atoms with van der Waals surface area (Å²) in [6.07, 6.45) is 4.82. The maximum atomic E-state index is 13.2. The number of amides is 1. The third kappa shape index (κ3) is 3.47. The highest BCUT2D eigenvalue weighted by Gasteiger charge is 2.50. The van der Waals surface area contributed by atoms with E-state index in [4.69, 9.17) is 4.74 Å². The van der Waals surface area contributed by atoms with Crippen LogP contribution in [0.2, 0.25) is 0 Å². The van der Waals surface area contributed by atoms with Gasteiger partial charge in [0.15, 0.2) is 0 Å². The number of hydrogen-bond acceptors (Lipinski definition) is 4. The fourth-order valence-electron chi connectivity index (χ4n) is 5.23. The van der Waals surface area contributed by atoms with Gasteiger partial charge in [0, 0.05) is 36.7 Å². The van der Waals surface area contributed by atoms with E-state index in [1.165, 1.54) is 18.4 Å². The zero-order valence-corrected chi connectivity index (χ0v) is 16.3. The Bertz CT molecular complexity index is 697. The van der Waals surface area contributed by atoms with Crippen LogP contribution >= 0.6 is 0 Å². The van der Waals surface area contributed by atoms with Gasteiger partial charge in [-0.25, -0.2) is 0 Å². The van der Waals surface area contributed by atoms with Crippen LogP contribution in [-0.2, 0) is 4.79 Å². The van der Waals surface area contributed by atoms with Crippen molar-refractivity contribution in [3.05, 3.63) is 29.8 Å². The topological polar surface area (TPSA) is 44.8 Å². The minimum absolute atomic E-state index is 0.0433. The number of ether oxygens (including phenoxy) is 1. The molecule has 0 radical (unpaired) electrons. The summed E-state index contributed by atoms with van der Waals surface area (Å²) in [6, 6.07) is 9.09. The number of hydrogen-bond donors (Lipinski definition) is 1. The van der Waals surface area contributed by atoms with Gasteiger partial charge in [-0.15, -0.1) is 0 Å². The van der Waals surface area contributed by atoms with Gasteiger partial charge in [0.05, 0.1) is 12.5 Å². The van der Waals surface area contributed by atoms with Crippen molar-refractivity contribution in [2.45, 2.75) is 37.8 Å². The molecule has 1 N–H and O–H groups in total. The second-order valence-corrected chi connectivity index (χ2v) is 9.05. The molecule has 3 aliphatic heterocycles. The van der Waals surface area contributed by atoms with Gasteiger partial charge in [-0.05, 0) is 57.8 Å². The molecule has 1 aromatic carbocycles. The van der Waals surface area contributed by atoms with Crippen LogP contribution in [0.25, 0.3) is 0 Å². The zero-order chi connectivity index (χ0) is 18.4. The van der Waals surface area contributed by atoms with E-state index < -0.39 is 0 Å². The Labute approximate surface area is 162 Å². The summed E-state index contributed by atoms with van der Waals surface area (Å²) < 4.78 is 6.08. The van der Waals surface area contributed by atoms with Crippen LogP contribution in [0.3, 0.4) is 0 Å². The summed E-state index contributed by atoms with van der Waals surface area (Å²) >= 11 is 0. The average molecular weight is 370 g/mol. The zero-order valence-electron chi connectivity index (χ0n) is 16.3. The summed E-state index contributed by atoms with van der Waals surface area (Å²) in [6.45, 7) is 4.82. The summed E-state index contributed by atoms with van der Waals surface area (Å²) in [7, 11) is 2.16. The van der Waals surface area contributed by atoms with Crippen LogP contribution in [0.5, 0.6) is 5.75 Å². The number of benzene rings is 1. The first-order valence-corrected chi connectivity index (χ1v) is 10.6. The number of carbonyl (C=O) groups is 1. The third-order valence-corrected chi connectivity index (χ3v) is 7.01. The number of rotatable bonds is 4. The minimum atomic E-state index is 0.0433. The third-order valence-electron chi connectivity index (χ3n) is 7.01. The number of piperidine rings is 1. The van der Waals surface area contributed by atoms with Crippen LogP contribution in [0.4, 0.5) is 0 Å². The van der Waals surface area contributed by atoms with Gasteiger partial charge in [-0.2, -0.15) is 0 Å². The van der Waals surface area contributed by atoms with Crippen LogP contribution in [0.15, 0.2) is 24.3 Å². The molecule has 5 nitrogen and oxygen atoms in total. The van der Waals surface area contributed by atoms with E-state index >= 15 is 0 Å². The standard InChI is InChI=1S/C22H31N3O2/c1-24-10-8-16(9-11-24)23-22(26)18-13-25(12-15-6-7-15)21-17-4-2-3-5-20(17)27-14-19(18)21/h2-5,15-16,18-19,21H,6-14H2,1H3,(H,23,26)/t18-,19+,21+/m1/s1. The molecule has 3 heterocycles. The summed E-state index contributed by atoms with van der Waals surface area (Å²) in [5, 5.41) is 3.38. The van der Waals surface area contributed by atoms with Gasteiger partial charge in [0.25, 0.3) is 0 Å². The van der Waals surface area contributed by atoms with E-state index in [1.54, 1.807) is 0 Å². The Morgan fingerprint density at radius 1 is 1.19 bits per heavy atom. The first-order chi connectivity index (χ1) is 13.2. The Hall–Kier alpha value is -1.59. The lowest BCUT2D eigenvalue weighted by molar-refractivity contribution is -0.127. The maximum absolute atomic E-state index is 13.2. The predicted molar refractivity (Wildman–Crippen MR) is 105 cm³/mol. The summed E-state index contributed by atoms with van der Waals surface area (Å²) in [5.41, 5.74) is 1.28. The molecule has 0 aromatic heterocycles. The molecule has 0 bridgehead atoms. The lowest BCUT2D eigenvalue weighted by Gasteiger charge is -2.35. The smallest absolute Gasteiger partial charge is 0.225 e. The molecule has 1 aromatic rings. The van der Waals surface area contributed by atoms with Crippen LogP contribution in [0, 0.1) is 17.8 Å². The van der Waals surface area contributed by atoms with Crippen molar-refractivity contribution in [2.24, 2.45) is 17.8 Å². The van der Waals surface area contributed by atoms with Crippen molar-refractivity contribution in [2.75, 3.05) is 39.8 Å². The van der Waals surface area contributed by atoms with E-state index in [1.807, 2.05) is 6.07 Å². The van der Waals surface area contributed by atoms with Crippen molar-refractivity contribution < 1.29 is 9.53 Å². The SMILES string of the molecule is CN1CCC(NC(=O)[C@@H]2CN(CC3CC3)[C@H]3c4ccccc4OC[C@@H]23)CC1. The number of para-hydroxylation sites is 1. The van der Waals surface area contributed by atoms with Crippen LogP contribution in [0.1, 0.15) is 37.3 Å². The van der Waals surface area contributed by atoms with E-state index in [0.29, 0.717) is 18.7 Å². The molecule has 1 amide bonds. The Morgan fingerprint density at radius 2 is 1.96 bits per heavy atom. The first-order valence-electron chi connectivity index (χ1n) is 10.6. The summed E-state index contributed by atoms with van der Waals surface area (Å²) in [4.78, 5) is 18.1. The second-order valence-electron chi connectivity index (χ2n) is 9.05. The lowest BCUT2D eigenvalue weighted by atomic mass is 9.84. The Balaban J connectivity index is 1.34. The number of nitrogens with one attached hydrogen (secondary N) is 1. The molecule has 1 aliphatic carbocycles. The number of likely N-dealkylation sites (tertiary alicyclic amines) is 2. The molecule has 2 saturated heterocycles. The van der Waals surface area contributed by atoms with Gasteiger partial charge < -0.3 is 15.0 Å². The second kappa shape index (κ2) is 7.10. The van der Waals surface area contributed by atoms with Crippen molar-refractivity contribution in [3.63, 3.8) is 0 Å². The van der Waals surface area contributed by atoms with Crippen molar-refractivity contribution in [1.29, 1.82) is 0 Å². The molecular weight excluding hydrogens is 338 g/mol. The van der Waals surface area contributed by atoms with Gasteiger partial charge in [0.1, 0.15) is 5.75 Å². The molecule has 3 atom stereocenters. The molecule has 1 saturated carbocycles. The normalized spacial score (nSPS) is 31.8.